The molecule has 0 aliphatic heterocycles. The molecule has 1 rings (SSSR count). The summed E-state index contributed by atoms with van der Waals surface area (Å²) in [4.78, 5) is 14.4. The smallest absolute Gasteiger partial charge is 0.255 e. The summed E-state index contributed by atoms with van der Waals surface area (Å²) in [6.07, 6.45) is 0.915. The second kappa shape index (κ2) is 9.46. The fourth-order valence-electron chi connectivity index (χ4n) is 2.56. The van der Waals surface area contributed by atoms with Crippen molar-refractivity contribution in [1.82, 2.24) is 10.2 Å². The maximum atomic E-state index is 12.0. The Hall–Kier alpha value is -1.55. The standard InChI is InChI=1S/C18H30N2O2/c1-14(2)12-20(13-15(3)4)11-7-10-19-18(22)16-8-5-6-9-17(16)21/h5-6,8-9,14-15,21H,7,10-13H2,1-4H3,(H,19,22). The number of benzene rings is 1. The molecule has 0 saturated heterocycles. The Bertz CT molecular complexity index is 448. The molecule has 22 heavy (non-hydrogen) atoms. The van der Waals surface area contributed by atoms with E-state index in [2.05, 4.69) is 37.9 Å². The first kappa shape index (κ1) is 18.5. The van der Waals surface area contributed by atoms with Crippen LogP contribution in [0.2, 0.25) is 0 Å². The molecular weight excluding hydrogens is 276 g/mol. The molecule has 1 amide bonds. The Balaban J connectivity index is 2.36. The second-order valence-electron chi connectivity index (χ2n) is 6.67. The van der Waals surface area contributed by atoms with E-state index < -0.39 is 0 Å². The molecule has 0 unspecified atom stereocenters. The minimum atomic E-state index is -0.211. The lowest BCUT2D eigenvalue weighted by atomic mass is 10.1. The monoisotopic (exact) mass is 306 g/mol. The number of phenolic OH excluding ortho intramolecular Hbond substituents is 1. The molecule has 0 atom stereocenters. The number of hydrogen-bond donors (Lipinski definition) is 2. The normalized spacial score (nSPS) is 11.4. The summed E-state index contributed by atoms with van der Waals surface area (Å²) in [6, 6.07) is 6.62. The van der Waals surface area contributed by atoms with Crippen LogP contribution in [0.5, 0.6) is 5.75 Å². The van der Waals surface area contributed by atoms with Gasteiger partial charge in [-0.05, 0) is 36.9 Å². The summed E-state index contributed by atoms with van der Waals surface area (Å²) in [5.74, 6) is 1.11. The van der Waals surface area contributed by atoms with E-state index in [-0.39, 0.29) is 11.7 Å². The number of phenols is 1. The van der Waals surface area contributed by atoms with Gasteiger partial charge in [-0.15, -0.1) is 0 Å². The predicted molar refractivity (Wildman–Crippen MR) is 91.2 cm³/mol. The third kappa shape index (κ3) is 6.94. The zero-order chi connectivity index (χ0) is 16.5. The van der Waals surface area contributed by atoms with Crippen LogP contribution in [0, 0.1) is 11.8 Å². The molecule has 1 aromatic carbocycles. The second-order valence-corrected chi connectivity index (χ2v) is 6.67. The molecule has 0 spiro atoms. The molecule has 2 N–H and O–H groups in total. The zero-order valence-corrected chi connectivity index (χ0v) is 14.3. The van der Waals surface area contributed by atoms with Gasteiger partial charge < -0.3 is 15.3 Å². The number of hydrogen-bond acceptors (Lipinski definition) is 3. The average Bonchev–Trinajstić information content (AvgIpc) is 2.42. The quantitative estimate of drug-likeness (QED) is 0.689. The number of rotatable bonds is 9. The molecule has 1 aromatic rings. The van der Waals surface area contributed by atoms with Gasteiger partial charge in [0.05, 0.1) is 5.56 Å². The zero-order valence-electron chi connectivity index (χ0n) is 14.3. The Labute approximate surface area is 134 Å². The summed E-state index contributed by atoms with van der Waals surface area (Å²) in [5.41, 5.74) is 0.337. The van der Waals surface area contributed by atoms with Crippen LogP contribution in [0.15, 0.2) is 24.3 Å². The van der Waals surface area contributed by atoms with E-state index in [4.69, 9.17) is 0 Å². The van der Waals surface area contributed by atoms with E-state index in [0.29, 0.717) is 23.9 Å². The summed E-state index contributed by atoms with van der Waals surface area (Å²) in [7, 11) is 0. The van der Waals surface area contributed by atoms with Crippen molar-refractivity contribution in [2.24, 2.45) is 11.8 Å². The molecule has 0 aliphatic rings. The third-order valence-corrected chi connectivity index (χ3v) is 3.33. The van der Waals surface area contributed by atoms with Crippen LogP contribution in [0.1, 0.15) is 44.5 Å². The number of para-hydroxylation sites is 1. The van der Waals surface area contributed by atoms with Gasteiger partial charge >= 0.3 is 0 Å². The Morgan fingerprint density at radius 3 is 2.27 bits per heavy atom. The van der Waals surface area contributed by atoms with Crippen LogP contribution in [0.25, 0.3) is 0 Å². The Kier molecular flexibility index (Phi) is 7.96. The van der Waals surface area contributed by atoms with Gasteiger partial charge in [0.15, 0.2) is 0 Å². The van der Waals surface area contributed by atoms with Gasteiger partial charge in [-0.1, -0.05) is 39.8 Å². The number of nitrogens with one attached hydrogen (secondary N) is 1. The largest absolute Gasteiger partial charge is 0.507 e. The minimum absolute atomic E-state index is 0.0289. The minimum Gasteiger partial charge on any atom is -0.507 e. The Morgan fingerprint density at radius 1 is 1.14 bits per heavy atom. The summed E-state index contributed by atoms with van der Waals surface area (Å²) >= 11 is 0. The van der Waals surface area contributed by atoms with E-state index in [1.165, 1.54) is 6.07 Å². The fraction of sp³-hybridized carbons (Fsp3) is 0.611. The molecule has 0 aromatic heterocycles. The number of carbonyl (C=O) groups excluding carboxylic acids is 1. The average molecular weight is 306 g/mol. The van der Waals surface area contributed by atoms with E-state index in [9.17, 15) is 9.90 Å². The topological polar surface area (TPSA) is 52.6 Å². The van der Waals surface area contributed by atoms with Crippen molar-refractivity contribution in [2.45, 2.75) is 34.1 Å². The van der Waals surface area contributed by atoms with E-state index in [1.807, 2.05) is 0 Å². The third-order valence-electron chi connectivity index (χ3n) is 3.33. The highest BCUT2D eigenvalue weighted by molar-refractivity contribution is 5.96. The van der Waals surface area contributed by atoms with Crippen LogP contribution < -0.4 is 5.32 Å². The predicted octanol–water partition coefficient (Wildman–Crippen LogP) is 3.13. The molecule has 4 heteroatoms. The number of carbonyl (C=O) groups is 1. The molecule has 0 radical (unpaired) electrons. The van der Waals surface area contributed by atoms with E-state index >= 15 is 0 Å². The van der Waals surface area contributed by atoms with Crippen molar-refractivity contribution in [3.63, 3.8) is 0 Å². The van der Waals surface area contributed by atoms with Crippen LogP contribution >= 0.6 is 0 Å². The van der Waals surface area contributed by atoms with Crippen molar-refractivity contribution in [1.29, 1.82) is 0 Å². The highest BCUT2D eigenvalue weighted by Gasteiger charge is 2.11. The molecule has 4 nitrogen and oxygen atoms in total. The lowest BCUT2D eigenvalue weighted by Crippen LogP contribution is -2.34. The number of nitrogens with zero attached hydrogens (tertiary/aromatic N) is 1. The van der Waals surface area contributed by atoms with E-state index in [1.54, 1.807) is 18.2 Å². The summed E-state index contributed by atoms with van der Waals surface area (Å²) in [5, 5.41) is 12.5. The first-order valence-electron chi connectivity index (χ1n) is 8.18. The van der Waals surface area contributed by atoms with Gasteiger partial charge in [0.25, 0.3) is 5.91 Å². The Morgan fingerprint density at radius 2 is 1.73 bits per heavy atom. The van der Waals surface area contributed by atoms with Crippen molar-refractivity contribution in [2.75, 3.05) is 26.2 Å². The van der Waals surface area contributed by atoms with Gasteiger partial charge in [-0.2, -0.15) is 0 Å². The van der Waals surface area contributed by atoms with Crippen molar-refractivity contribution < 1.29 is 9.90 Å². The molecule has 0 saturated carbocycles. The SMILES string of the molecule is CC(C)CN(CCCNC(=O)c1ccccc1O)CC(C)C. The highest BCUT2D eigenvalue weighted by atomic mass is 16.3. The van der Waals surface area contributed by atoms with Crippen LogP contribution in [0.3, 0.4) is 0 Å². The molecule has 0 fully saturated rings. The van der Waals surface area contributed by atoms with Crippen LogP contribution in [-0.4, -0.2) is 42.1 Å². The van der Waals surface area contributed by atoms with E-state index in [0.717, 1.165) is 26.1 Å². The number of amides is 1. The highest BCUT2D eigenvalue weighted by Crippen LogP contribution is 2.14. The van der Waals surface area contributed by atoms with Crippen molar-refractivity contribution in [3.05, 3.63) is 29.8 Å². The maximum absolute atomic E-state index is 12.0. The molecule has 0 aliphatic carbocycles. The van der Waals surface area contributed by atoms with Gasteiger partial charge in [0, 0.05) is 19.6 Å². The molecule has 0 heterocycles. The lowest BCUT2D eigenvalue weighted by Gasteiger charge is -2.26. The summed E-state index contributed by atoms with van der Waals surface area (Å²) < 4.78 is 0. The van der Waals surface area contributed by atoms with Gasteiger partial charge in [-0.25, -0.2) is 0 Å². The first-order valence-corrected chi connectivity index (χ1v) is 8.18. The van der Waals surface area contributed by atoms with Crippen LogP contribution in [0.4, 0.5) is 0 Å². The van der Waals surface area contributed by atoms with Crippen molar-refractivity contribution in [3.8, 4) is 5.75 Å². The van der Waals surface area contributed by atoms with Crippen molar-refractivity contribution >= 4 is 5.91 Å². The lowest BCUT2D eigenvalue weighted by molar-refractivity contribution is 0.0948. The van der Waals surface area contributed by atoms with Gasteiger partial charge in [0.1, 0.15) is 5.75 Å². The first-order chi connectivity index (χ1) is 10.4. The summed E-state index contributed by atoms with van der Waals surface area (Å²) in [6.45, 7) is 12.7. The molecular formula is C18H30N2O2. The van der Waals surface area contributed by atoms with Gasteiger partial charge in [0.2, 0.25) is 0 Å². The maximum Gasteiger partial charge on any atom is 0.255 e. The van der Waals surface area contributed by atoms with Crippen LogP contribution in [-0.2, 0) is 0 Å². The molecule has 0 bridgehead atoms. The fourth-order valence-corrected chi connectivity index (χ4v) is 2.56. The van der Waals surface area contributed by atoms with Gasteiger partial charge in [-0.3, -0.25) is 4.79 Å². The number of aromatic hydroxyl groups is 1. The molecule has 124 valence electrons.